The van der Waals surface area contributed by atoms with Crippen molar-refractivity contribution in [2.45, 2.75) is 4.90 Å². The molecule has 0 spiro atoms. The molecule has 9 nitrogen and oxygen atoms in total. The molecule has 1 fully saturated rings. The summed E-state index contributed by atoms with van der Waals surface area (Å²) in [4.78, 5) is 21.4. The summed E-state index contributed by atoms with van der Waals surface area (Å²) in [5.41, 5.74) is 0.792. The van der Waals surface area contributed by atoms with Gasteiger partial charge in [0.1, 0.15) is 17.1 Å². The lowest BCUT2D eigenvalue weighted by Gasteiger charge is -2.34. The molecule has 1 saturated heterocycles. The van der Waals surface area contributed by atoms with Crippen molar-refractivity contribution >= 4 is 48.3 Å². The number of carbonyl (C=O) groups excluding carboxylic acids is 1. The lowest BCUT2D eigenvalue weighted by atomic mass is 10.2. The van der Waals surface area contributed by atoms with E-state index in [2.05, 4.69) is 24.8 Å². The minimum atomic E-state index is -3.84. The summed E-state index contributed by atoms with van der Waals surface area (Å²) in [6.07, 6.45) is 0. The molecule has 2 N–H and O–H groups in total. The zero-order chi connectivity index (χ0) is 28.3. The van der Waals surface area contributed by atoms with Gasteiger partial charge in [-0.2, -0.15) is 0 Å². The van der Waals surface area contributed by atoms with Crippen LogP contribution in [-0.4, -0.2) is 70.6 Å². The van der Waals surface area contributed by atoms with Crippen LogP contribution >= 0.6 is 11.3 Å². The Kier molecular flexibility index (Phi) is 8.14. The smallest absolute Gasteiger partial charge is 0.261 e. The number of carbonyl (C=O) groups is 1. The molecule has 0 radical (unpaired) electrons. The largest absolute Gasteiger partial charge is 0.497 e. The number of hydrogen-bond acceptors (Lipinski definition) is 8. The van der Waals surface area contributed by atoms with Crippen LogP contribution in [-0.2, 0) is 10.0 Å². The molecule has 0 saturated carbocycles. The van der Waals surface area contributed by atoms with Crippen LogP contribution in [0.3, 0.4) is 0 Å². The van der Waals surface area contributed by atoms with E-state index >= 15 is 0 Å². The number of anilines is 2. The highest BCUT2D eigenvalue weighted by Gasteiger charge is 2.21. The van der Waals surface area contributed by atoms with E-state index in [9.17, 15) is 22.0 Å². The summed E-state index contributed by atoms with van der Waals surface area (Å²) >= 11 is 1.27. The van der Waals surface area contributed by atoms with Crippen LogP contribution in [0.5, 0.6) is 5.75 Å². The molecule has 1 amide bonds. The third kappa shape index (κ3) is 6.32. The van der Waals surface area contributed by atoms with E-state index in [-0.39, 0.29) is 22.0 Å². The highest BCUT2D eigenvalue weighted by Crippen LogP contribution is 2.31. The molecular weight excluding hydrogens is 560 g/mol. The van der Waals surface area contributed by atoms with E-state index in [4.69, 9.17) is 4.74 Å². The summed E-state index contributed by atoms with van der Waals surface area (Å²) in [7, 11) is -2.34. The molecule has 3 aromatic carbocycles. The van der Waals surface area contributed by atoms with Crippen molar-refractivity contribution in [1.82, 2.24) is 15.2 Å². The summed E-state index contributed by atoms with van der Waals surface area (Å²) in [6.45, 7) is 3.84. The van der Waals surface area contributed by atoms with E-state index in [1.807, 2.05) is 0 Å². The summed E-state index contributed by atoms with van der Waals surface area (Å²) < 4.78 is 61.0. The molecule has 0 aliphatic carbocycles. The van der Waals surface area contributed by atoms with Crippen LogP contribution in [0.4, 0.5) is 19.6 Å². The first kappa shape index (κ1) is 27.7. The number of thiazole rings is 1. The number of piperazine rings is 1. The van der Waals surface area contributed by atoms with Gasteiger partial charge in [0.2, 0.25) is 0 Å². The number of sulfonamides is 1. The molecule has 5 rings (SSSR count). The third-order valence-corrected chi connectivity index (χ3v) is 8.97. The molecule has 1 aromatic heterocycles. The Bertz CT molecular complexity index is 1620. The van der Waals surface area contributed by atoms with Crippen LogP contribution < -0.4 is 19.7 Å². The van der Waals surface area contributed by atoms with Gasteiger partial charge in [-0.3, -0.25) is 14.4 Å². The maximum absolute atomic E-state index is 14.0. The molecule has 13 heteroatoms. The molecule has 210 valence electrons. The number of aromatic nitrogens is 1. The third-order valence-electron chi connectivity index (χ3n) is 6.51. The molecule has 1 aliphatic heterocycles. The molecule has 4 aromatic rings. The molecule has 0 atom stereocenters. The number of nitrogens with zero attached hydrogens (tertiary/aromatic N) is 3. The molecule has 0 bridgehead atoms. The van der Waals surface area contributed by atoms with Gasteiger partial charge in [0.05, 0.1) is 16.7 Å². The Hall–Kier alpha value is -3.81. The lowest BCUT2D eigenvalue weighted by molar-refractivity contribution is 0.0947. The fourth-order valence-electron chi connectivity index (χ4n) is 4.37. The van der Waals surface area contributed by atoms with Crippen LogP contribution in [0.15, 0.2) is 65.6 Å². The second-order valence-electron chi connectivity index (χ2n) is 9.18. The van der Waals surface area contributed by atoms with E-state index in [1.165, 1.54) is 42.7 Å². The van der Waals surface area contributed by atoms with Gasteiger partial charge in [-0.1, -0.05) is 17.4 Å². The van der Waals surface area contributed by atoms with Crippen LogP contribution in [0, 0.1) is 11.6 Å². The Labute approximate surface area is 234 Å². The van der Waals surface area contributed by atoms with E-state index in [0.717, 1.165) is 19.2 Å². The molecule has 40 heavy (non-hydrogen) atoms. The quantitative estimate of drug-likeness (QED) is 0.306. The second kappa shape index (κ2) is 11.7. The molecular formula is C27H27F2N5O4S2. The first-order chi connectivity index (χ1) is 19.2. The Morgan fingerprint density at radius 2 is 1.80 bits per heavy atom. The van der Waals surface area contributed by atoms with Gasteiger partial charge in [0.15, 0.2) is 10.9 Å². The van der Waals surface area contributed by atoms with Crippen molar-refractivity contribution in [1.29, 1.82) is 0 Å². The average Bonchev–Trinajstić information content (AvgIpc) is 3.38. The number of methoxy groups -OCH3 is 1. The fraction of sp³-hybridized carbons (Fsp3) is 0.259. The average molecular weight is 588 g/mol. The summed E-state index contributed by atoms with van der Waals surface area (Å²) in [5, 5.41) is 3.54. The van der Waals surface area contributed by atoms with Crippen molar-refractivity contribution in [3.63, 3.8) is 0 Å². The highest BCUT2D eigenvalue weighted by molar-refractivity contribution is 7.92. The van der Waals surface area contributed by atoms with Crippen molar-refractivity contribution in [3.05, 3.63) is 77.9 Å². The van der Waals surface area contributed by atoms with Crippen LogP contribution in [0.1, 0.15) is 10.4 Å². The Balaban J connectivity index is 1.11. The van der Waals surface area contributed by atoms with Crippen molar-refractivity contribution in [2.75, 3.05) is 56.0 Å². The number of rotatable bonds is 9. The number of ether oxygens (including phenoxy) is 1. The number of halogens is 2. The Morgan fingerprint density at radius 3 is 2.52 bits per heavy atom. The zero-order valence-corrected chi connectivity index (χ0v) is 23.2. The minimum Gasteiger partial charge on any atom is -0.497 e. The van der Waals surface area contributed by atoms with Gasteiger partial charge >= 0.3 is 0 Å². The van der Waals surface area contributed by atoms with Crippen molar-refractivity contribution in [3.8, 4) is 5.75 Å². The van der Waals surface area contributed by atoms with Gasteiger partial charge in [0.25, 0.3) is 15.9 Å². The topological polar surface area (TPSA) is 104 Å². The Morgan fingerprint density at radius 1 is 1.05 bits per heavy atom. The first-order valence-electron chi connectivity index (χ1n) is 12.5. The van der Waals surface area contributed by atoms with Crippen LogP contribution in [0.25, 0.3) is 10.2 Å². The van der Waals surface area contributed by atoms with Crippen LogP contribution in [0.2, 0.25) is 0 Å². The fourth-order valence-corrected chi connectivity index (χ4v) is 6.47. The van der Waals surface area contributed by atoms with Gasteiger partial charge in [0, 0.05) is 56.6 Å². The number of benzene rings is 3. The van der Waals surface area contributed by atoms with Gasteiger partial charge in [-0.05, 0) is 48.5 Å². The van der Waals surface area contributed by atoms with E-state index < -0.39 is 21.7 Å². The zero-order valence-electron chi connectivity index (χ0n) is 21.6. The van der Waals surface area contributed by atoms with Gasteiger partial charge < -0.3 is 15.0 Å². The lowest BCUT2D eigenvalue weighted by Crippen LogP contribution is -2.48. The maximum Gasteiger partial charge on any atom is 0.261 e. The summed E-state index contributed by atoms with van der Waals surface area (Å²) in [5.74, 6) is -1.05. The maximum atomic E-state index is 14.0. The van der Waals surface area contributed by atoms with Crippen molar-refractivity contribution < 1.29 is 26.7 Å². The number of fused-ring (bicyclic) bond motifs is 1. The SMILES string of the molecule is COc1ccc(S(=O)(=O)Nc2cccc(C(=O)NCCN3CCN(c4nc5c(F)cc(F)cc5s4)CC3)c2)cc1. The minimum absolute atomic E-state index is 0.0763. The first-order valence-corrected chi connectivity index (χ1v) is 14.8. The summed E-state index contributed by atoms with van der Waals surface area (Å²) in [6, 6.07) is 14.4. The van der Waals surface area contributed by atoms with E-state index in [0.29, 0.717) is 47.3 Å². The van der Waals surface area contributed by atoms with Gasteiger partial charge in [-0.25, -0.2) is 22.2 Å². The molecule has 0 unspecified atom stereocenters. The molecule has 1 aliphatic rings. The molecule has 2 heterocycles. The van der Waals surface area contributed by atoms with Crippen molar-refractivity contribution in [2.24, 2.45) is 0 Å². The van der Waals surface area contributed by atoms with E-state index in [1.54, 1.807) is 30.3 Å². The highest BCUT2D eigenvalue weighted by atomic mass is 32.2. The van der Waals surface area contributed by atoms with Gasteiger partial charge in [-0.15, -0.1) is 0 Å². The number of hydrogen-bond donors (Lipinski definition) is 2. The standard InChI is InChI=1S/C27H27F2N5O4S2/c1-38-21-5-7-22(8-6-21)40(36,37)32-20-4-2-3-18(15-20)26(35)30-9-10-33-11-13-34(14-12-33)27-31-25-23(29)16-19(28)17-24(25)39-27/h2-8,15-17,32H,9-14H2,1H3,(H,30,35). The predicted molar refractivity (Wildman–Crippen MR) is 151 cm³/mol. The number of amides is 1. The monoisotopic (exact) mass is 587 g/mol. The second-order valence-corrected chi connectivity index (χ2v) is 11.9. The predicted octanol–water partition coefficient (Wildman–Crippen LogP) is 3.94. The number of nitrogens with one attached hydrogen (secondary N) is 2. The normalized spacial score (nSPS) is 14.3.